The summed E-state index contributed by atoms with van der Waals surface area (Å²) in [5.41, 5.74) is 1.47. The van der Waals surface area contributed by atoms with E-state index in [-0.39, 0.29) is 5.91 Å². The Bertz CT molecular complexity index is 583. The molecular formula is C13H11BrN2O2. The largest absolute Gasteiger partial charge is 0.437 e. The van der Waals surface area contributed by atoms with E-state index >= 15 is 0 Å². The van der Waals surface area contributed by atoms with Gasteiger partial charge in [0.25, 0.3) is 0 Å². The number of nitrogens with zero attached hydrogens (tertiary/aromatic N) is 1. The molecule has 0 aliphatic carbocycles. The Balaban J connectivity index is 2.04. The zero-order valence-electron chi connectivity index (χ0n) is 9.52. The Labute approximate surface area is 113 Å². The van der Waals surface area contributed by atoms with Crippen molar-refractivity contribution in [3.8, 4) is 0 Å². The second-order valence-electron chi connectivity index (χ2n) is 3.59. The molecule has 0 saturated heterocycles. The molecule has 0 bridgehead atoms. The average Bonchev–Trinajstić information content (AvgIpc) is 2.76. The van der Waals surface area contributed by atoms with Crippen molar-refractivity contribution < 1.29 is 9.21 Å². The third-order valence-electron chi connectivity index (χ3n) is 2.14. The molecule has 1 amide bonds. The molecule has 0 unspecified atom stereocenters. The van der Waals surface area contributed by atoms with E-state index in [0.29, 0.717) is 22.5 Å². The standard InChI is InChI=1S/C13H11BrN2O2/c1-9(14)8-15-12(17)6-7-13-16-10-4-2-3-5-11(10)18-13/h2-7H,1,8H2,(H,15,17). The third-order valence-corrected chi connectivity index (χ3v) is 2.42. The Morgan fingerprint density at radius 3 is 3.00 bits per heavy atom. The van der Waals surface area contributed by atoms with Gasteiger partial charge in [-0.15, -0.1) is 0 Å². The molecule has 0 aliphatic rings. The number of oxazole rings is 1. The van der Waals surface area contributed by atoms with Gasteiger partial charge in [0.15, 0.2) is 5.58 Å². The lowest BCUT2D eigenvalue weighted by molar-refractivity contribution is -0.116. The summed E-state index contributed by atoms with van der Waals surface area (Å²) in [6, 6.07) is 7.43. The van der Waals surface area contributed by atoms with Crippen LogP contribution in [0.4, 0.5) is 0 Å². The molecular weight excluding hydrogens is 296 g/mol. The number of aromatic nitrogens is 1. The molecule has 1 N–H and O–H groups in total. The number of hydrogen-bond donors (Lipinski definition) is 1. The number of benzene rings is 1. The fourth-order valence-electron chi connectivity index (χ4n) is 1.35. The first-order chi connectivity index (χ1) is 8.65. The number of amides is 1. The van der Waals surface area contributed by atoms with Gasteiger partial charge in [0, 0.05) is 23.2 Å². The van der Waals surface area contributed by atoms with Gasteiger partial charge in [-0.3, -0.25) is 4.79 Å². The van der Waals surface area contributed by atoms with Crippen LogP contribution in [0.25, 0.3) is 17.2 Å². The molecule has 0 spiro atoms. The maximum absolute atomic E-state index is 11.4. The van der Waals surface area contributed by atoms with Gasteiger partial charge in [-0.2, -0.15) is 0 Å². The minimum Gasteiger partial charge on any atom is -0.437 e. The van der Waals surface area contributed by atoms with Crippen LogP contribution in [0.2, 0.25) is 0 Å². The van der Waals surface area contributed by atoms with E-state index in [2.05, 4.69) is 32.8 Å². The van der Waals surface area contributed by atoms with Crippen molar-refractivity contribution in [2.24, 2.45) is 0 Å². The fourth-order valence-corrected chi connectivity index (χ4v) is 1.49. The number of carbonyl (C=O) groups excluding carboxylic acids is 1. The molecule has 0 aliphatic heterocycles. The van der Waals surface area contributed by atoms with E-state index in [1.807, 2.05) is 24.3 Å². The van der Waals surface area contributed by atoms with Crippen LogP contribution in [0, 0.1) is 0 Å². The summed E-state index contributed by atoms with van der Waals surface area (Å²) in [4.78, 5) is 15.6. The van der Waals surface area contributed by atoms with Gasteiger partial charge in [0.2, 0.25) is 11.8 Å². The molecule has 1 heterocycles. The maximum atomic E-state index is 11.4. The van der Waals surface area contributed by atoms with E-state index in [1.54, 1.807) is 0 Å². The van der Waals surface area contributed by atoms with Crippen molar-refractivity contribution in [1.82, 2.24) is 10.3 Å². The topological polar surface area (TPSA) is 55.1 Å². The predicted molar refractivity (Wildman–Crippen MR) is 74.1 cm³/mol. The van der Waals surface area contributed by atoms with Crippen molar-refractivity contribution in [2.45, 2.75) is 0 Å². The fraction of sp³-hybridized carbons (Fsp3) is 0.0769. The molecule has 5 heteroatoms. The molecule has 2 rings (SSSR count). The third kappa shape index (κ3) is 3.30. The van der Waals surface area contributed by atoms with Crippen molar-refractivity contribution in [1.29, 1.82) is 0 Å². The highest BCUT2D eigenvalue weighted by atomic mass is 79.9. The number of para-hydroxylation sites is 2. The molecule has 92 valence electrons. The van der Waals surface area contributed by atoms with Gasteiger partial charge in [0.05, 0.1) is 0 Å². The second-order valence-corrected chi connectivity index (χ2v) is 4.71. The van der Waals surface area contributed by atoms with E-state index in [4.69, 9.17) is 4.42 Å². The van der Waals surface area contributed by atoms with Crippen LogP contribution in [-0.4, -0.2) is 17.4 Å². The SMILES string of the molecule is C=C(Br)CNC(=O)C=Cc1nc2ccccc2o1. The van der Waals surface area contributed by atoms with Gasteiger partial charge < -0.3 is 9.73 Å². The molecule has 18 heavy (non-hydrogen) atoms. The number of hydrogen-bond acceptors (Lipinski definition) is 3. The first-order valence-electron chi connectivity index (χ1n) is 5.30. The highest BCUT2D eigenvalue weighted by Crippen LogP contribution is 2.15. The monoisotopic (exact) mass is 306 g/mol. The molecule has 4 nitrogen and oxygen atoms in total. The second kappa shape index (κ2) is 5.64. The first kappa shape index (κ1) is 12.6. The average molecular weight is 307 g/mol. The van der Waals surface area contributed by atoms with Gasteiger partial charge >= 0.3 is 0 Å². The summed E-state index contributed by atoms with van der Waals surface area (Å²) in [7, 11) is 0. The zero-order valence-corrected chi connectivity index (χ0v) is 11.1. The summed E-state index contributed by atoms with van der Waals surface area (Å²) in [6.07, 6.45) is 2.91. The molecule has 1 aromatic carbocycles. The molecule has 2 aromatic rings. The number of nitrogens with one attached hydrogen (secondary N) is 1. The minimum absolute atomic E-state index is 0.224. The highest BCUT2D eigenvalue weighted by Gasteiger charge is 2.02. The van der Waals surface area contributed by atoms with Crippen molar-refractivity contribution in [2.75, 3.05) is 6.54 Å². The molecule has 1 aromatic heterocycles. The molecule has 0 saturated carbocycles. The van der Waals surface area contributed by atoms with Crippen molar-refractivity contribution >= 4 is 39.0 Å². The Morgan fingerprint density at radius 2 is 2.28 bits per heavy atom. The Morgan fingerprint density at radius 1 is 1.50 bits per heavy atom. The van der Waals surface area contributed by atoms with E-state index in [9.17, 15) is 4.79 Å². The van der Waals surface area contributed by atoms with E-state index < -0.39 is 0 Å². The molecule has 0 atom stereocenters. The molecule has 0 radical (unpaired) electrons. The summed E-state index contributed by atoms with van der Waals surface area (Å²) in [6.45, 7) is 4.01. The van der Waals surface area contributed by atoms with Crippen LogP contribution >= 0.6 is 15.9 Å². The minimum atomic E-state index is -0.224. The van der Waals surface area contributed by atoms with Crippen molar-refractivity contribution in [3.05, 3.63) is 47.3 Å². The number of carbonyl (C=O) groups is 1. The van der Waals surface area contributed by atoms with E-state index in [0.717, 1.165) is 5.52 Å². The summed E-state index contributed by atoms with van der Waals surface area (Å²) < 4.78 is 6.15. The lowest BCUT2D eigenvalue weighted by Crippen LogP contribution is -2.21. The quantitative estimate of drug-likeness (QED) is 0.884. The van der Waals surface area contributed by atoms with Crippen LogP contribution in [0.1, 0.15) is 5.89 Å². The Hall–Kier alpha value is -1.88. The van der Waals surface area contributed by atoms with Gasteiger partial charge in [0.1, 0.15) is 5.52 Å². The number of rotatable bonds is 4. The first-order valence-corrected chi connectivity index (χ1v) is 6.09. The highest BCUT2D eigenvalue weighted by molar-refractivity contribution is 9.11. The van der Waals surface area contributed by atoms with Gasteiger partial charge in [-0.25, -0.2) is 4.98 Å². The number of halogens is 1. The maximum Gasteiger partial charge on any atom is 0.244 e. The Kier molecular flexibility index (Phi) is 3.94. The van der Waals surface area contributed by atoms with Gasteiger partial charge in [-0.05, 0) is 12.1 Å². The normalized spacial score (nSPS) is 10.9. The van der Waals surface area contributed by atoms with Gasteiger partial charge in [-0.1, -0.05) is 34.6 Å². The number of fused-ring (bicyclic) bond motifs is 1. The summed E-state index contributed by atoms with van der Waals surface area (Å²) >= 11 is 3.16. The lowest BCUT2D eigenvalue weighted by atomic mass is 10.3. The smallest absolute Gasteiger partial charge is 0.244 e. The molecule has 0 fully saturated rings. The van der Waals surface area contributed by atoms with Crippen LogP contribution in [0.5, 0.6) is 0 Å². The summed E-state index contributed by atoms with van der Waals surface area (Å²) in [5.74, 6) is 0.182. The van der Waals surface area contributed by atoms with Crippen LogP contribution < -0.4 is 5.32 Å². The summed E-state index contributed by atoms with van der Waals surface area (Å²) in [5, 5.41) is 2.64. The van der Waals surface area contributed by atoms with Crippen molar-refractivity contribution in [3.63, 3.8) is 0 Å². The van der Waals surface area contributed by atoms with E-state index in [1.165, 1.54) is 12.2 Å². The predicted octanol–water partition coefficient (Wildman–Crippen LogP) is 2.87. The van der Waals surface area contributed by atoms with Crippen LogP contribution in [0.3, 0.4) is 0 Å². The lowest BCUT2D eigenvalue weighted by Gasteiger charge is -1.97. The van der Waals surface area contributed by atoms with Crippen LogP contribution in [-0.2, 0) is 4.79 Å². The zero-order chi connectivity index (χ0) is 13.0. The van der Waals surface area contributed by atoms with Crippen LogP contribution in [0.15, 0.2) is 45.8 Å².